The summed E-state index contributed by atoms with van der Waals surface area (Å²) in [7, 11) is 1.61. The molecular formula is C16H24BrNO2. The molecule has 0 unspecified atom stereocenters. The van der Waals surface area contributed by atoms with Crippen LogP contribution in [0.2, 0.25) is 0 Å². The Morgan fingerprint density at radius 3 is 2.20 bits per heavy atom. The predicted molar refractivity (Wildman–Crippen MR) is 86.3 cm³/mol. The van der Waals surface area contributed by atoms with Crippen molar-refractivity contribution in [2.24, 2.45) is 11.8 Å². The number of ether oxygens (including phenoxy) is 1. The Bertz CT molecular complexity index is 448. The molecule has 0 bridgehead atoms. The van der Waals surface area contributed by atoms with E-state index in [4.69, 9.17) is 4.74 Å². The smallest absolute Gasteiger partial charge is 0.255 e. The van der Waals surface area contributed by atoms with Crippen LogP contribution >= 0.6 is 15.9 Å². The van der Waals surface area contributed by atoms with E-state index >= 15 is 0 Å². The lowest BCUT2D eigenvalue weighted by Gasteiger charge is -2.27. The first-order valence-electron chi connectivity index (χ1n) is 6.98. The average molecular weight is 342 g/mol. The molecule has 3 nitrogen and oxygen atoms in total. The van der Waals surface area contributed by atoms with Crippen LogP contribution in [0.15, 0.2) is 22.7 Å². The molecule has 1 rings (SSSR count). The maximum atomic E-state index is 12.7. The van der Waals surface area contributed by atoms with E-state index < -0.39 is 0 Å². The van der Waals surface area contributed by atoms with Crippen LogP contribution in [0.1, 0.15) is 38.1 Å². The Morgan fingerprint density at radius 1 is 1.20 bits per heavy atom. The van der Waals surface area contributed by atoms with Crippen LogP contribution < -0.4 is 4.74 Å². The summed E-state index contributed by atoms with van der Waals surface area (Å²) in [5.74, 6) is 1.65. The van der Waals surface area contributed by atoms with Gasteiger partial charge in [-0.25, -0.2) is 0 Å². The van der Waals surface area contributed by atoms with Crippen molar-refractivity contribution in [1.82, 2.24) is 4.90 Å². The normalized spacial score (nSPS) is 11.0. The number of amides is 1. The van der Waals surface area contributed by atoms with Gasteiger partial charge in [0.2, 0.25) is 0 Å². The van der Waals surface area contributed by atoms with Crippen LogP contribution in [0.25, 0.3) is 0 Å². The minimum absolute atomic E-state index is 0.0539. The summed E-state index contributed by atoms with van der Waals surface area (Å²) < 4.78 is 6.02. The van der Waals surface area contributed by atoms with Crippen LogP contribution in [0, 0.1) is 11.8 Å². The first-order chi connectivity index (χ1) is 9.35. The number of nitrogens with zero attached hydrogens (tertiary/aromatic N) is 1. The van der Waals surface area contributed by atoms with Crippen LogP contribution in [0.3, 0.4) is 0 Å². The summed E-state index contributed by atoms with van der Waals surface area (Å²) in [5.41, 5.74) is 0.658. The van der Waals surface area contributed by atoms with E-state index in [-0.39, 0.29) is 5.91 Å². The summed E-state index contributed by atoms with van der Waals surface area (Å²) in [6, 6.07) is 5.49. The fourth-order valence-electron chi connectivity index (χ4n) is 2.09. The third-order valence-electron chi connectivity index (χ3n) is 2.86. The van der Waals surface area contributed by atoms with Gasteiger partial charge in [0.05, 0.1) is 12.7 Å². The second-order valence-electron chi connectivity index (χ2n) is 5.84. The molecule has 0 spiro atoms. The van der Waals surface area contributed by atoms with E-state index in [0.29, 0.717) is 23.1 Å². The van der Waals surface area contributed by atoms with Gasteiger partial charge in [0.1, 0.15) is 5.75 Å². The number of rotatable bonds is 6. The Labute approximate surface area is 130 Å². The highest BCUT2D eigenvalue weighted by Crippen LogP contribution is 2.24. The molecule has 0 atom stereocenters. The number of halogens is 1. The number of benzene rings is 1. The zero-order valence-corrected chi connectivity index (χ0v) is 14.5. The second-order valence-corrected chi connectivity index (χ2v) is 6.70. The monoisotopic (exact) mass is 341 g/mol. The van der Waals surface area contributed by atoms with Crippen LogP contribution in [0.5, 0.6) is 5.75 Å². The van der Waals surface area contributed by atoms with Crippen molar-refractivity contribution in [1.29, 1.82) is 0 Å². The van der Waals surface area contributed by atoms with Crippen LogP contribution in [0.4, 0.5) is 0 Å². The Hall–Kier alpha value is -1.03. The minimum Gasteiger partial charge on any atom is -0.497 e. The summed E-state index contributed by atoms with van der Waals surface area (Å²) >= 11 is 3.46. The standard InChI is InChI=1S/C16H24BrNO2/c1-11(2)9-18(10-12(3)4)16(19)14-8-13(20-5)6-7-15(14)17/h6-8,11-12H,9-10H2,1-5H3. The molecule has 0 aromatic heterocycles. The number of hydrogen-bond acceptors (Lipinski definition) is 2. The third kappa shape index (κ3) is 4.82. The number of carbonyl (C=O) groups excluding carboxylic acids is 1. The third-order valence-corrected chi connectivity index (χ3v) is 3.55. The molecular weight excluding hydrogens is 318 g/mol. The van der Waals surface area contributed by atoms with E-state index in [0.717, 1.165) is 17.6 Å². The topological polar surface area (TPSA) is 29.5 Å². The predicted octanol–water partition coefficient (Wildman–Crippen LogP) is 4.21. The van der Waals surface area contributed by atoms with E-state index in [1.165, 1.54) is 0 Å². The van der Waals surface area contributed by atoms with E-state index in [2.05, 4.69) is 43.6 Å². The fraction of sp³-hybridized carbons (Fsp3) is 0.562. The van der Waals surface area contributed by atoms with Crippen molar-refractivity contribution >= 4 is 21.8 Å². The summed E-state index contributed by atoms with van der Waals surface area (Å²) in [6.45, 7) is 10.0. The Morgan fingerprint density at radius 2 is 1.75 bits per heavy atom. The van der Waals surface area contributed by atoms with Gasteiger partial charge < -0.3 is 9.64 Å². The molecule has 4 heteroatoms. The lowest BCUT2D eigenvalue weighted by atomic mass is 10.1. The first kappa shape index (κ1) is 17.0. The molecule has 0 saturated carbocycles. The molecule has 0 aliphatic heterocycles. The van der Waals surface area contributed by atoms with Gasteiger partial charge in [-0.3, -0.25) is 4.79 Å². The molecule has 1 aromatic carbocycles. The van der Waals surface area contributed by atoms with Gasteiger partial charge in [-0.2, -0.15) is 0 Å². The van der Waals surface area contributed by atoms with Crippen molar-refractivity contribution in [3.05, 3.63) is 28.2 Å². The molecule has 0 saturated heterocycles. The number of hydrogen-bond donors (Lipinski definition) is 0. The molecule has 1 amide bonds. The van der Waals surface area contributed by atoms with E-state index in [1.54, 1.807) is 13.2 Å². The molecule has 0 N–H and O–H groups in total. The summed E-state index contributed by atoms with van der Waals surface area (Å²) in [5, 5.41) is 0. The largest absolute Gasteiger partial charge is 0.497 e. The molecule has 0 fully saturated rings. The summed E-state index contributed by atoms with van der Waals surface area (Å²) in [4.78, 5) is 14.7. The number of methoxy groups -OCH3 is 1. The van der Waals surface area contributed by atoms with Gasteiger partial charge in [-0.15, -0.1) is 0 Å². The second kappa shape index (κ2) is 7.67. The molecule has 1 aromatic rings. The van der Waals surface area contributed by atoms with Crippen molar-refractivity contribution in [2.45, 2.75) is 27.7 Å². The molecule has 112 valence electrons. The average Bonchev–Trinajstić information content (AvgIpc) is 2.36. The maximum absolute atomic E-state index is 12.7. The van der Waals surface area contributed by atoms with Gasteiger partial charge in [0.15, 0.2) is 0 Å². The van der Waals surface area contributed by atoms with Crippen LogP contribution in [-0.2, 0) is 0 Å². The van der Waals surface area contributed by atoms with Crippen molar-refractivity contribution in [3.63, 3.8) is 0 Å². The highest BCUT2D eigenvalue weighted by molar-refractivity contribution is 9.10. The maximum Gasteiger partial charge on any atom is 0.255 e. The van der Waals surface area contributed by atoms with Gasteiger partial charge in [-0.05, 0) is 46.0 Å². The highest BCUT2D eigenvalue weighted by atomic mass is 79.9. The lowest BCUT2D eigenvalue weighted by molar-refractivity contribution is 0.0714. The van der Waals surface area contributed by atoms with E-state index in [9.17, 15) is 4.79 Å². The zero-order valence-electron chi connectivity index (χ0n) is 12.9. The quantitative estimate of drug-likeness (QED) is 0.775. The van der Waals surface area contributed by atoms with Crippen molar-refractivity contribution in [2.75, 3.05) is 20.2 Å². The van der Waals surface area contributed by atoms with Crippen LogP contribution in [-0.4, -0.2) is 31.0 Å². The van der Waals surface area contributed by atoms with Gasteiger partial charge >= 0.3 is 0 Å². The fourth-order valence-corrected chi connectivity index (χ4v) is 2.50. The molecule has 20 heavy (non-hydrogen) atoms. The van der Waals surface area contributed by atoms with Gasteiger partial charge in [-0.1, -0.05) is 27.7 Å². The summed E-state index contributed by atoms with van der Waals surface area (Å²) in [6.07, 6.45) is 0. The molecule has 0 radical (unpaired) electrons. The minimum atomic E-state index is 0.0539. The molecule has 0 aliphatic rings. The molecule has 0 aliphatic carbocycles. The van der Waals surface area contributed by atoms with Gasteiger partial charge in [0, 0.05) is 17.6 Å². The lowest BCUT2D eigenvalue weighted by Crippen LogP contribution is -2.37. The SMILES string of the molecule is COc1ccc(Br)c(C(=O)N(CC(C)C)CC(C)C)c1. The first-order valence-corrected chi connectivity index (χ1v) is 7.77. The number of carbonyl (C=O) groups is 1. The van der Waals surface area contributed by atoms with E-state index in [1.807, 2.05) is 17.0 Å². The van der Waals surface area contributed by atoms with Gasteiger partial charge in [0.25, 0.3) is 5.91 Å². The highest BCUT2D eigenvalue weighted by Gasteiger charge is 2.20. The Kier molecular flexibility index (Phi) is 6.53. The van der Waals surface area contributed by atoms with Crippen molar-refractivity contribution in [3.8, 4) is 5.75 Å². The van der Waals surface area contributed by atoms with Crippen molar-refractivity contribution < 1.29 is 9.53 Å². The molecule has 0 heterocycles. The zero-order chi connectivity index (χ0) is 15.3. The Balaban J connectivity index is 3.04.